The fraction of sp³-hybridized carbons (Fsp3) is 0.375. The van der Waals surface area contributed by atoms with E-state index in [1.807, 2.05) is 0 Å². The van der Waals surface area contributed by atoms with Crippen LogP contribution in [-0.2, 0) is 20.6 Å². The highest BCUT2D eigenvalue weighted by Crippen LogP contribution is 2.14. The molecular formula is C8H10N5O4P. The minimum atomic E-state index is -2.83. The highest BCUT2D eigenvalue weighted by molar-refractivity contribution is 7.30. The zero-order valence-electron chi connectivity index (χ0n) is 9.22. The minimum Gasteiger partial charge on any atom is -0.566 e. The number of fused-ring (bicyclic) bond motifs is 1. The van der Waals surface area contributed by atoms with Gasteiger partial charge in [-0.05, 0) is 4.57 Å². The molecule has 0 bridgehead atoms. The van der Waals surface area contributed by atoms with Crippen LogP contribution in [0.5, 0.6) is 0 Å². The highest BCUT2D eigenvalue weighted by Gasteiger charge is 2.07. The van der Waals surface area contributed by atoms with Crippen LogP contribution in [0, 0.1) is 0 Å². The van der Waals surface area contributed by atoms with E-state index in [0.29, 0.717) is 17.0 Å². The third-order valence-electron chi connectivity index (χ3n) is 2.08. The number of nitrogen functional groups attached to an aromatic ring is 1. The molecule has 0 saturated carbocycles. The van der Waals surface area contributed by atoms with E-state index in [2.05, 4.69) is 19.5 Å². The van der Waals surface area contributed by atoms with Gasteiger partial charge in [-0.3, -0.25) is 4.57 Å². The maximum Gasteiger partial charge on any atom is 0.488 e. The molecule has 2 aromatic heterocycles. The van der Waals surface area contributed by atoms with Gasteiger partial charge < -0.3 is 15.4 Å². The lowest BCUT2D eigenvalue weighted by Gasteiger charge is -2.04. The van der Waals surface area contributed by atoms with Gasteiger partial charge in [0.05, 0.1) is 12.9 Å². The largest absolute Gasteiger partial charge is 0.566 e. The van der Waals surface area contributed by atoms with E-state index < -0.39 is 8.25 Å². The lowest BCUT2D eigenvalue weighted by Crippen LogP contribution is -2.07. The van der Waals surface area contributed by atoms with Gasteiger partial charge in [0.25, 0.3) is 0 Å². The topological polar surface area (TPSA) is 128 Å². The summed E-state index contributed by atoms with van der Waals surface area (Å²) in [6.45, 7) is 0.290. The van der Waals surface area contributed by atoms with Crippen LogP contribution in [0.1, 0.15) is 0 Å². The van der Waals surface area contributed by atoms with E-state index in [1.54, 1.807) is 4.57 Å². The van der Waals surface area contributed by atoms with Gasteiger partial charge in [-0.25, -0.2) is 15.0 Å². The molecule has 9 nitrogen and oxygen atoms in total. The fourth-order valence-electron chi connectivity index (χ4n) is 1.33. The van der Waals surface area contributed by atoms with Gasteiger partial charge in [-0.15, -0.1) is 4.52 Å². The average Bonchev–Trinajstić information content (AvgIpc) is 2.73. The molecule has 0 radical (unpaired) electrons. The number of imidazole rings is 1. The van der Waals surface area contributed by atoms with Crippen molar-refractivity contribution >= 4 is 25.2 Å². The Kier molecular flexibility index (Phi) is 4.11. The number of hydrogen-bond acceptors (Lipinski definition) is 8. The van der Waals surface area contributed by atoms with E-state index in [0.717, 1.165) is 0 Å². The molecule has 0 aliphatic rings. The minimum absolute atomic E-state index is 0.0253. The van der Waals surface area contributed by atoms with Gasteiger partial charge in [-0.2, -0.15) is 0 Å². The van der Waals surface area contributed by atoms with E-state index in [4.69, 9.17) is 10.5 Å². The van der Waals surface area contributed by atoms with E-state index in [-0.39, 0.29) is 19.9 Å². The summed E-state index contributed by atoms with van der Waals surface area (Å²) in [7, 11) is -2.83. The summed E-state index contributed by atoms with van der Waals surface area (Å²) < 4.78 is 21.3. The SMILES string of the molecule is Nc1ncnc2c1ncn2COCCO[P+](=O)[O-]. The molecule has 0 amide bonds. The Hall–Kier alpha value is -1.67. The van der Waals surface area contributed by atoms with E-state index >= 15 is 0 Å². The van der Waals surface area contributed by atoms with Crippen molar-refractivity contribution in [1.82, 2.24) is 19.5 Å². The normalized spacial score (nSPS) is 11.9. The summed E-state index contributed by atoms with van der Waals surface area (Å²) in [6, 6.07) is 0. The van der Waals surface area contributed by atoms with Crippen LogP contribution in [0.3, 0.4) is 0 Å². The number of rotatable bonds is 6. The molecule has 2 rings (SSSR count). The second kappa shape index (κ2) is 5.78. The van der Waals surface area contributed by atoms with Crippen LogP contribution in [0.15, 0.2) is 12.7 Å². The molecule has 1 unspecified atom stereocenters. The zero-order chi connectivity index (χ0) is 13.0. The number of hydrogen-bond donors (Lipinski definition) is 1. The second-order valence-electron chi connectivity index (χ2n) is 3.24. The molecule has 0 fully saturated rings. The van der Waals surface area contributed by atoms with Crippen LogP contribution in [0.25, 0.3) is 11.2 Å². The summed E-state index contributed by atoms with van der Waals surface area (Å²) in [5.41, 5.74) is 6.68. The molecule has 2 aromatic rings. The standard InChI is InChI=1S/C8H10N5O4P/c9-7-6-8(11-3-10-7)13(4-12-6)5-16-1-2-17-18(14)15/h3-4H,1-2,5H2,(H2,9,10,11). The molecule has 2 N–H and O–H groups in total. The lowest BCUT2D eigenvalue weighted by atomic mass is 10.5. The molecule has 96 valence electrons. The van der Waals surface area contributed by atoms with Crippen LogP contribution in [0.4, 0.5) is 5.82 Å². The molecule has 1 atom stereocenters. The molecule has 2 heterocycles. The first-order valence-electron chi connectivity index (χ1n) is 4.95. The molecular weight excluding hydrogens is 261 g/mol. The lowest BCUT2D eigenvalue weighted by molar-refractivity contribution is -0.186. The van der Waals surface area contributed by atoms with Gasteiger partial charge in [0, 0.05) is 0 Å². The molecule has 0 saturated heterocycles. The molecule has 0 aromatic carbocycles. The maximum absolute atomic E-state index is 10.1. The van der Waals surface area contributed by atoms with Gasteiger partial charge >= 0.3 is 8.25 Å². The Morgan fingerprint density at radius 2 is 2.22 bits per heavy atom. The first-order chi connectivity index (χ1) is 8.68. The highest BCUT2D eigenvalue weighted by atomic mass is 31.1. The Morgan fingerprint density at radius 3 is 3.00 bits per heavy atom. The first kappa shape index (κ1) is 12.8. The summed E-state index contributed by atoms with van der Waals surface area (Å²) >= 11 is 0. The van der Waals surface area contributed by atoms with Crippen molar-refractivity contribution in [3.8, 4) is 0 Å². The Bertz CT molecular complexity index is 559. The van der Waals surface area contributed by atoms with Crippen molar-refractivity contribution in [1.29, 1.82) is 0 Å². The summed E-state index contributed by atoms with van der Waals surface area (Å²) in [5.74, 6) is 0.297. The maximum atomic E-state index is 10.1. The zero-order valence-corrected chi connectivity index (χ0v) is 10.1. The number of nitrogens with zero attached hydrogens (tertiary/aromatic N) is 4. The Labute approximate surface area is 103 Å². The van der Waals surface area contributed by atoms with E-state index in [1.165, 1.54) is 12.7 Å². The quantitative estimate of drug-likeness (QED) is 0.545. The van der Waals surface area contributed by atoms with Crippen LogP contribution in [0.2, 0.25) is 0 Å². The van der Waals surface area contributed by atoms with Gasteiger partial charge in [0.1, 0.15) is 25.2 Å². The molecule has 0 spiro atoms. The number of anilines is 1. The number of nitrogens with two attached hydrogens (primary N) is 1. The Morgan fingerprint density at radius 1 is 1.39 bits per heavy atom. The monoisotopic (exact) mass is 271 g/mol. The smallest absolute Gasteiger partial charge is 0.488 e. The predicted molar refractivity (Wildman–Crippen MR) is 59.2 cm³/mol. The van der Waals surface area contributed by atoms with Gasteiger partial charge in [0.2, 0.25) is 0 Å². The third-order valence-corrected chi connectivity index (χ3v) is 2.48. The third kappa shape index (κ3) is 2.96. The van der Waals surface area contributed by atoms with Crippen molar-refractivity contribution in [2.75, 3.05) is 18.9 Å². The van der Waals surface area contributed by atoms with Crippen LogP contribution < -0.4 is 10.6 Å². The predicted octanol–water partition coefficient (Wildman–Crippen LogP) is -0.583. The van der Waals surface area contributed by atoms with Crippen molar-refractivity contribution in [2.24, 2.45) is 0 Å². The van der Waals surface area contributed by atoms with Crippen molar-refractivity contribution in [3.63, 3.8) is 0 Å². The van der Waals surface area contributed by atoms with Gasteiger partial charge in [-0.1, -0.05) is 0 Å². The number of aromatic nitrogens is 4. The van der Waals surface area contributed by atoms with Crippen LogP contribution >= 0.6 is 8.25 Å². The first-order valence-corrected chi connectivity index (χ1v) is 6.04. The molecule has 18 heavy (non-hydrogen) atoms. The second-order valence-corrected chi connectivity index (χ2v) is 3.95. The summed E-state index contributed by atoms with van der Waals surface area (Å²) in [6.07, 6.45) is 2.85. The van der Waals surface area contributed by atoms with Crippen LogP contribution in [-0.4, -0.2) is 32.7 Å². The van der Waals surface area contributed by atoms with Gasteiger partial charge in [0.15, 0.2) is 11.5 Å². The van der Waals surface area contributed by atoms with Crippen molar-refractivity contribution in [3.05, 3.63) is 12.7 Å². The fourth-order valence-corrected chi connectivity index (χ4v) is 1.55. The van der Waals surface area contributed by atoms with Crippen molar-refractivity contribution < 1.29 is 18.7 Å². The van der Waals surface area contributed by atoms with E-state index in [9.17, 15) is 9.46 Å². The number of ether oxygens (including phenoxy) is 1. The summed E-state index contributed by atoms with van der Waals surface area (Å²) in [5, 5.41) is 0. The molecule has 0 aliphatic heterocycles. The Balaban J connectivity index is 1.92. The molecule has 10 heteroatoms. The average molecular weight is 271 g/mol. The summed E-state index contributed by atoms with van der Waals surface area (Å²) in [4.78, 5) is 22.0. The molecule has 0 aliphatic carbocycles. The van der Waals surface area contributed by atoms with Crippen molar-refractivity contribution in [2.45, 2.75) is 6.73 Å².